The van der Waals surface area contributed by atoms with Crippen molar-refractivity contribution in [1.29, 1.82) is 0 Å². The molecule has 1 heterocycles. The normalized spacial score (nSPS) is 13.7. The molecule has 1 heteroatoms. The van der Waals surface area contributed by atoms with Crippen LogP contribution in [-0.2, 0) is 0 Å². The standard InChI is InChI=1S/C48H30O/c1-2-13-31(14-3-1)33-27-28-42-45(30-33)49-44-26-12-25-43(48(42)44)47-40-22-8-6-20-38(40)46(39-21-7-9-23-41(39)47)35-18-10-17-34(29-35)37-24-11-16-32-15-4-5-19-36(32)37/h1-30H/i4D,5D,11D,15D,16D,19D,24D. The number of hydrogen-bond acceptors (Lipinski definition) is 1. The summed E-state index contributed by atoms with van der Waals surface area (Å²) in [5.74, 6) is 0. The molecule has 1 aromatic heterocycles. The second kappa shape index (κ2) is 11.1. The lowest BCUT2D eigenvalue weighted by Gasteiger charge is -2.19. The summed E-state index contributed by atoms with van der Waals surface area (Å²) in [5, 5.41) is 6.18. The molecule has 0 fully saturated rings. The highest BCUT2D eigenvalue weighted by atomic mass is 16.3. The molecule has 0 saturated carbocycles. The molecule has 0 atom stereocenters. The van der Waals surface area contributed by atoms with Gasteiger partial charge < -0.3 is 4.42 Å². The minimum atomic E-state index is -0.470. The average molecular weight is 630 g/mol. The Morgan fingerprint density at radius 3 is 1.82 bits per heavy atom. The van der Waals surface area contributed by atoms with E-state index in [0.29, 0.717) is 5.56 Å². The van der Waals surface area contributed by atoms with Gasteiger partial charge >= 0.3 is 0 Å². The molecule has 228 valence electrons. The van der Waals surface area contributed by atoms with E-state index in [0.717, 1.165) is 76.9 Å². The molecule has 0 N–H and O–H groups in total. The first kappa shape index (κ1) is 21.4. The van der Waals surface area contributed by atoms with Crippen molar-refractivity contribution in [2.75, 3.05) is 0 Å². The van der Waals surface area contributed by atoms with Crippen LogP contribution in [0.1, 0.15) is 9.60 Å². The Kier molecular flexibility index (Phi) is 4.85. The SMILES string of the molecule is [2H]c1c([2H])c([2H])c2c(-c3cccc(-c4c5ccccc5c(-c5cccc6oc7cc(-c8ccccc8)ccc7c56)c5ccccc45)c3)c([2H])c([2H])c([2H])c2c1[2H]. The van der Waals surface area contributed by atoms with E-state index in [1.165, 1.54) is 0 Å². The predicted octanol–water partition coefficient (Wildman–Crippen LogP) is 13.7. The van der Waals surface area contributed by atoms with Crippen LogP contribution >= 0.6 is 0 Å². The minimum Gasteiger partial charge on any atom is -0.456 e. The molecule has 0 radical (unpaired) electrons. The Labute approximate surface area is 294 Å². The zero-order valence-electron chi connectivity index (χ0n) is 33.2. The maximum Gasteiger partial charge on any atom is 0.136 e. The Bertz CT molecular complexity index is 3210. The Balaban J connectivity index is 1.24. The highest BCUT2D eigenvalue weighted by Crippen LogP contribution is 2.47. The molecule has 0 unspecified atom stereocenters. The molecular weight excluding hydrogens is 593 g/mol. The highest BCUT2D eigenvalue weighted by Gasteiger charge is 2.20. The molecular formula is C48H30O. The van der Waals surface area contributed by atoms with E-state index in [9.17, 15) is 0 Å². The molecule has 0 bridgehead atoms. The van der Waals surface area contributed by atoms with Crippen molar-refractivity contribution in [2.24, 2.45) is 0 Å². The van der Waals surface area contributed by atoms with Gasteiger partial charge in [0.1, 0.15) is 11.2 Å². The maximum atomic E-state index is 9.01. The molecule has 0 saturated heterocycles. The number of hydrogen-bond donors (Lipinski definition) is 0. The van der Waals surface area contributed by atoms with Crippen LogP contribution < -0.4 is 0 Å². The molecule has 0 spiro atoms. The van der Waals surface area contributed by atoms with Gasteiger partial charge in [0.25, 0.3) is 0 Å². The number of furan rings is 1. The lowest BCUT2D eigenvalue weighted by Crippen LogP contribution is -1.91. The van der Waals surface area contributed by atoms with Crippen LogP contribution in [-0.4, -0.2) is 0 Å². The Hall–Kier alpha value is -6.44. The molecule has 0 aliphatic heterocycles. The quantitative estimate of drug-likeness (QED) is 0.177. The van der Waals surface area contributed by atoms with E-state index in [1.54, 1.807) is 6.07 Å². The van der Waals surface area contributed by atoms with Crippen molar-refractivity contribution in [1.82, 2.24) is 0 Å². The predicted molar refractivity (Wildman–Crippen MR) is 208 cm³/mol. The fourth-order valence-electron chi connectivity index (χ4n) is 7.43. The van der Waals surface area contributed by atoms with Crippen molar-refractivity contribution in [3.63, 3.8) is 0 Å². The van der Waals surface area contributed by atoms with Crippen LogP contribution in [0.3, 0.4) is 0 Å². The summed E-state index contributed by atoms with van der Waals surface area (Å²) < 4.78 is 67.0. The van der Waals surface area contributed by atoms with Crippen LogP contribution in [0, 0.1) is 0 Å². The zero-order valence-corrected chi connectivity index (χ0v) is 26.2. The first-order chi connectivity index (χ1) is 27.2. The van der Waals surface area contributed by atoms with Gasteiger partial charge in [0.15, 0.2) is 0 Å². The fourth-order valence-corrected chi connectivity index (χ4v) is 7.43. The van der Waals surface area contributed by atoms with Gasteiger partial charge in [-0.05, 0) is 101 Å². The van der Waals surface area contributed by atoms with Gasteiger partial charge in [-0.2, -0.15) is 0 Å². The molecule has 49 heavy (non-hydrogen) atoms. The molecule has 0 aliphatic rings. The molecule has 0 aliphatic carbocycles. The van der Waals surface area contributed by atoms with Gasteiger partial charge in [0.2, 0.25) is 0 Å². The first-order valence-electron chi connectivity index (χ1n) is 19.8. The second-order valence-corrected chi connectivity index (χ2v) is 12.3. The fraction of sp³-hybridized carbons (Fsp3) is 0. The lowest BCUT2D eigenvalue weighted by atomic mass is 9.84. The van der Waals surface area contributed by atoms with E-state index in [-0.39, 0.29) is 46.5 Å². The van der Waals surface area contributed by atoms with Crippen LogP contribution in [0.4, 0.5) is 0 Å². The summed E-state index contributed by atoms with van der Waals surface area (Å²) in [7, 11) is 0. The molecule has 9 aromatic carbocycles. The van der Waals surface area contributed by atoms with Crippen LogP contribution in [0.15, 0.2) is 186 Å². The van der Waals surface area contributed by atoms with E-state index in [2.05, 4.69) is 60.7 Å². The molecule has 0 amide bonds. The third kappa shape index (κ3) is 4.40. The largest absolute Gasteiger partial charge is 0.456 e. The highest BCUT2D eigenvalue weighted by molar-refractivity contribution is 6.25. The number of benzene rings is 9. The van der Waals surface area contributed by atoms with Gasteiger partial charge in [-0.15, -0.1) is 0 Å². The summed E-state index contributed by atoms with van der Waals surface area (Å²) >= 11 is 0. The van der Waals surface area contributed by atoms with Gasteiger partial charge in [0, 0.05) is 10.8 Å². The summed E-state index contributed by atoms with van der Waals surface area (Å²) in [5.41, 5.74) is 8.51. The Morgan fingerprint density at radius 2 is 1.02 bits per heavy atom. The minimum absolute atomic E-state index is 0.0603. The number of fused-ring (bicyclic) bond motifs is 6. The second-order valence-electron chi connectivity index (χ2n) is 12.3. The number of rotatable bonds is 4. The van der Waals surface area contributed by atoms with Crippen molar-refractivity contribution >= 4 is 54.3 Å². The van der Waals surface area contributed by atoms with E-state index in [4.69, 9.17) is 14.0 Å². The molecule has 10 aromatic rings. The van der Waals surface area contributed by atoms with Crippen molar-refractivity contribution < 1.29 is 14.0 Å². The van der Waals surface area contributed by atoms with Crippen molar-refractivity contribution in [3.8, 4) is 44.5 Å². The van der Waals surface area contributed by atoms with E-state index < -0.39 is 12.1 Å². The summed E-state index contributed by atoms with van der Waals surface area (Å²) in [4.78, 5) is 0. The van der Waals surface area contributed by atoms with Gasteiger partial charge in [-0.1, -0.05) is 158 Å². The van der Waals surface area contributed by atoms with E-state index >= 15 is 0 Å². The van der Waals surface area contributed by atoms with Crippen molar-refractivity contribution in [2.45, 2.75) is 0 Å². The van der Waals surface area contributed by atoms with Crippen LogP contribution in [0.5, 0.6) is 0 Å². The van der Waals surface area contributed by atoms with Gasteiger partial charge in [-0.3, -0.25) is 0 Å². The zero-order chi connectivity index (χ0) is 38.4. The third-order valence-corrected chi connectivity index (χ3v) is 9.56. The average Bonchev–Trinajstić information content (AvgIpc) is 3.62. The third-order valence-electron chi connectivity index (χ3n) is 9.56. The van der Waals surface area contributed by atoms with Crippen LogP contribution in [0.2, 0.25) is 0 Å². The monoisotopic (exact) mass is 629 g/mol. The Morgan fingerprint density at radius 1 is 0.367 bits per heavy atom. The smallest absolute Gasteiger partial charge is 0.136 e. The first-order valence-corrected chi connectivity index (χ1v) is 16.3. The summed E-state index contributed by atoms with van der Waals surface area (Å²) in [6, 6.07) is 44.5. The maximum absolute atomic E-state index is 9.01. The van der Waals surface area contributed by atoms with Gasteiger partial charge in [-0.25, -0.2) is 0 Å². The van der Waals surface area contributed by atoms with Crippen molar-refractivity contribution in [3.05, 3.63) is 182 Å². The topological polar surface area (TPSA) is 13.1 Å². The molecule has 1 nitrogen and oxygen atoms in total. The summed E-state index contributed by atoms with van der Waals surface area (Å²) in [6.45, 7) is 0. The van der Waals surface area contributed by atoms with E-state index in [1.807, 2.05) is 72.8 Å². The van der Waals surface area contributed by atoms with Crippen LogP contribution in [0.25, 0.3) is 98.8 Å². The molecule has 10 rings (SSSR count). The summed E-state index contributed by atoms with van der Waals surface area (Å²) in [6.07, 6.45) is 0. The lowest BCUT2D eigenvalue weighted by molar-refractivity contribution is 0.669. The van der Waals surface area contributed by atoms with Gasteiger partial charge in [0.05, 0.1) is 9.60 Å².